The van der Waals surface area contributed by atoms with E-state index in [1.807, 2.05) is 32.9 Å². The molecule has 3 nitrogen and oxygen atoms in total. The third-order valence-electron chi connectivity index (χ3n) is 2.75. The molecule has 0 aliphatic heterocycles. The van der Waals surface area contributed by atoms with Gasteiger partial charge in [0.1, 0.15) is 0 Å². The molecular formula is C15H24N2O. The normalized spacial score (nSPS) is 11.3. The summed E-state index contributed by atoms with van der Waals surface area (Å²) in [6.45, 7) is 9.24. The third-order valence-corrected chi connectivity index (χ3v) is 2.75. The van der Waals surface area contributed by atoms with Crippen molar-refractivity contribution in [2.75, 3.05) is 6.54 Å². The van der Waals surface area contributed by atoms with E-state index in [-0.39, 0.29) is 11.4 Å². The molecule has 3 heteroatoms. The number of carbonyl (C=O) groups is 1. The molecule has 18 heavy (non-hydrogen) atoms. The van der Waals surface area contributed by atoms with E-state index in [4.69, 9.17) is 0 Å². The minimum Gasteiger partial charge on any atom is -0.351 e. The molecule has 0 radical (unpaired) electrons. The van der Waals surface area contributed by atoms with Gasteiger partial charge in [-0.25, -0.2) is 0 Å². The first kappa shape index (κ1) is 14.7. The number of benzene rings is 1. The van der Waals surface area contributed by atoms with Crippen molar-refractivity contribution >= 4 is 5.91 Å². The molecule has 0 saturated heterocycles. The van der Waals surface area contributed by atoms with Gasteiger partial charge in [-0.3, -0.25) is 4.79 Å². The molecule has 0 heterocycles. The molecule has 100 valence electrons. The third kappa shape index (κ3) is 5.32. The number of hydrogen-bond acceptors (Lipinski definition) is 2. The fraction of sp³-hybridized carbons (Fsp3) is 0.533. The van der Waals surface area contributed by atoms with Crippen LogP contribution in [0.15, 0.2) is 24.3 Å². The number of amides is 1. The van der Waals surface area contributed by atoms with Crippen molar-refractivity contribution < 1.29 is 4.79 Å². The smallest absolute Gasteiger partial charge is 0.234 e. The van der Waals surface area contributed by atoms with Crippen molar-refractivity contribution in [3.05, 3.63) is 35.4 Å². The van der Waals surface area contributed by atoms with Crippen LogP contribution in [0.3, 0.4) is 0 Å². The topological polar surface area (TPSA) is 41.1 Å². The van der Waals surface area contributed by atoms with Crippen molar-refractivity contribution in [1.82, 2.24) is 10.6 Å². The van der Waals surface area contributed by atoms with Gasteiger partial charge in [-0.1, -0.05) is 31.2 Å². The summed E-state index contributed by atoms with van der Waals surface area (Å²) < 4.78 is 0. The lowest BCUT2D eigenvalue weighted by molar-refractivity contribution is -0.120. The van der Waals surface area contributed by atoms with Crippen molar-refractivity contribution in [2.24, 2.45) is 0 Å². The van der Waals surface area contributed by atoms with Gasteiger partial charge in [0.25, 0.3) is 0 Å². The van der Waals surface area contributed by atoms with Crippen LogP contribution in [-0.4, -0.2) is 18.0 Å². The van der Waals surface area contributed by atoms with Crippen molar-refractivity contribution in [1.29, 1.82) is 0 Å². The minimum atomic E-state index is -0.0291. The van der Waals surface area contributed by atoms with Gasteiger partial charge >= 0.3 is 0 Å². The van der Waals surface area contributed by atoms with Crippen LogP contribution in [0.2, 0.25) is 0 Å². The highest BCUT2D eigenvalue weighted by molar-refractivity contribution is 5.78. The first-order chi connectivity index (χ1) is 8.42. The van der Waals surface area contributed by atoms with E-state index in [1.54, 1.807) is 0 Å². The monoisotopic (exact) mass is 248 g/mol. The summed E-state index contributed by atoms with van der Waals surface area (Å²) in [6.07, 6.45) is 0.992. The van der Waals surface area contributed by atoms with Crippen LogP contribution in [0, 0.1) is 0 Å². The zero-order valence-electron chi connectivity index (χ0n) is 11.8. The number of rotatable bonds is 5. The van der Waals surface area contributed by atoms with Crippen molar-refractivity contribution in [3.63, 3.8) is 0 Å². The Morgan fingerprint density at radius 2 is 1.78 bits per heavy atom. The number of aryl methyl sites for hydroxylation is 1. The maximum absolute atomic E-state index is 11.7. The molecule has 0 saturated carbocycles. The molecular weight excluding hydrogens is 224 g/mol. The van der Waals surface area contributed by atoms with Crippen LogP contribution in [0.5, 0.6) is 0 Å². The Balaban J connectivity index is 2.43. The van der Waals surface area contributed by atoms with E-state index < -0.39 is 0 Å². The van der Waals surface area contributed by atoms with Gasteiger partial charge in [0.2, 0.25) is 5.91 Å². The lowest BCUT2D eigenvalue weighted by Crippen LogP contribution is -2.43. The zero-order valence-corrected chi connectivity index (χ0v) is 11.8. The molecule has 1 aromatic rings. The van der Waals surface area contributed by atoms with Crippen LogP contribution < -0.4 is 10.6 Å². The predicted octanol–water partition coefficient (Wildman–Crippen LogP) is 2.25. The minimum absolute atomic E-state index is 0.0291. The molecule has 2 N–H and O–H groups in total. The number of nitrogens with one attached hydrogen (secondary N) is 2. The average molecular weight is 248 g/mol. The standard InChI is InChI=1S/C15H24N2O/c1-5-12-8-6-7-9-13(12)10-16-14(18)11-17-15(2,3)4/h6-9,17H,5,10-11H2,1-4H3,(H,16,18). The molecule has 0 unspecified atom stereocenters. The second-order valence-electron chi connectivity index (χ2n) is 5.50. The number of hydrogen-bond donors (Lipinski definition) is 2. The molecule has 0 fully saturated rings. The summed E-state index contributed by atoms with van der Waals surface area (Å²) >= 11 is 0. The Morgan fingerprint density at radius 3 is 2.33 bits per heavy atom. The van der Waals surface area contributed by atoms with Gasteiger partial charge in [0.15, 0.2) is 0 Å². The van der Waals surface area contributed by atoms with Gasteiger partial charge in [-0.05, 0) is 38.3 Å². The first-order valence-corrected chi connectivity index (χ1v) is 6.51. The Hall–Kier alpha value is -1.35. The quantitative estimate of drug-likeness (QED) is 0.839. The number of carbonyl (C=O) groups excluding carboxylic acids is 1. The fourth-order valence-electron chi connectivity index (χ4n) is 1.68. The highest BCUT2D eigenvalue weighted by Gasteiger charge is 2.11. The zero-order chi connectivity index (χ0) is 13.6. The predicted molar refractivity (Wildman–Crippen MR) is 75.4 cm³/mol. The summed E-state index contributed by atoms with van der Waals surface area (Å²) in [5.74, 6) is 0.0378. The van der Waals surface area contributed by atoms with Gasteiger partial charge in [-0.15, -0.1) is 0 Å². The average Bonchev–Trinajstić information content (AvgIpc) is 2.33. The van der Waals surface area contributed by atoms with Gasteiger partial charge in [-0.2, -0.15) is 0 Å². The summed E-state index contributed by atoms with van der Waals surface area (Å²) in [7, 11) is 0. The molecule has 0 atom stereocenters. The van der Waals surface area contributed by atoms with Gasteiger partial charge in [0, 0.05) is 12.1 Å². The van der Waals surface area contributed by atoms with Crippen LogP contribution in [0.1, 0.15) is 38.8 Å². The van der Waals surface area contributed by atoms with E-state index in [2.05, 4.69) is 29.7 Å². The van der Waals surface area contributed by atoms with E-state index in [0.717, 1.165) is 6.42 Å². The largest absolute Gasteiger partial charge is 0.351 e. The Morgan fingerprint density at radius 1 is 1.17 bits per heavy atom. The van der Waals surface area contributed by atoms with Crippen LogP contribution in [0.25, 0.3) is 0 Å². The van der Waals surface area contributed by atoms with Crippen molar-refractivity contribution in [2.45, 2.75) is 46.2 Å². The maximum atomic E-state index is 11.7. The molecule has 1 aromatic carbocycles. The second kappa shape index (κ2) is 6.55. The summed E-state index contributed by atoms with van der Waals surface area (Å²) in [4.78, 5) is 11.7. The highest BCUT2D eigenvalue weighted by Crippen LogP contribution is 2.08. The lowest BCUT2D eigenvalue weighted by atomic mass is 10.1. The van der Waals surface area contributed by atoms with E-state index >= 15 is 0 Å². The molecule has 0 spiro atoms. The highest BCUT2D eigenvalue weighted by atomic mass is 16.1. The summed E-state index contributed by atoms with van der Waals surface area (Å²) in [5.41, 5.74) is 2.46. The molecule has 0 aliphatic carbocycles. The molecule has 0 aliphatic rings. The van der Waals surface area contributed by atoms with Crippen LogP contribution in [-0.2, 0) is 17.8 Å². The summed E-state index contributed by atoms with van der Waals surface area (Å²) in [5, 5.41) is 6.12. The van der Waals surface area contributed by atoms with Crippen LogP contribution in [0.4, 0.5) is 0 Å². The van der Waals surface area contributed by atoms with E-state index in [0.29, 0.717) is 13.1 Å². The van der Waals surface area contributed by atoms with E-state index in [9.17, 15) is 4.79 Å². The SMILES string of the molecule is CCc1ccccc1CNC(=O)CNC(C)(C)C. The van der Waals surface area contributed by atoms with Gasteiger partial charge in [0.05, 0.1) is 6.54 Å². The molecule has 1 rings (SSSR count). The Bertz CT molecular complexity index is 394. The molecule has 0 bridgehead atoms. The first-order valence-electron chi connectivity index (χ1n) is 6.51. The summed E-state index contributed by atoms with van der Waals surface area (Å²) in [6, 6.07) is 8.21. The van der Waals surface area contributed by atoms with Gasteiger partial charge < -0.3 is 10.6 Å². The molecule has 0 aromatic heterocycles. The maximum Gasteiger partial charge on any atom is 0.234 e. The van der Waals surface area contributed by atoms with E-state index in [1.165, 1.54) is 11.1 Å². The Labute approximate surface area is 110 Å². The molecule has 1 amide bonds. The van der Waals surface area contributed by atoms with Crippen molar-refractivity contribution in [3.8, 4) is 0 Å². The fourth-order valence-corrected chi connectivity index (χ4v) is 1.68. The Kier molecular flexibility index (Phi) is 5.35. The second-order valence-corrected chi connectivity index (χ2v) is 5.50. The van der Waals surface area contributed by atoms with Crippen LogP contribution >= 0.6 is 0 Å². The lowest BCUT2D eigenvalue weighted by Gasteiger charge is -2.20.